The SMILES string of the molecule is CCC(C)NC(=O)NC1CCOc2ccccc21. The van der Waals surface area contributed by atoms with Gasteiger partial charge in [0.1, 0.15) is 5.75 Å². The van der Waals surface area contributed by atoms with Crippen LogP contribution in [0.5, 0.6) is 5.75 Å². The number of ether oxygens (including phenoxy) is 1. The zero-order valence-corrected chi connectivity index (χ0v) is 10.9. The Morgan fingerprint density at radius 1 is 1.50 bits per heavy atom. The molecule has 0 bridgehead atoms. The third-order valence-electron chi connectivity index (χ3n) is 3.25. The maximum atomic E-state index is 11.8. The molecule has 0 saturated carbocycles. The fourth-order valence-corrected chi connectivity index (χ4v) is 2.02. The Labute approximate surface area is 108 Å². The van der Waals surface area contributed by atoms with E-state index in [0.29, 0.717) is 6.61 Å². The van der Waals surface area contributed by atoms with E-state index in [9.17, 15) is 4.79 Å². The molecule has 0 aromatic heterocycles. The number of hydrogen-bond donors (Lipinski definition) is 2. The predicted molar refractivity (Wildman–Crippen MR) is 70.7 cm³/mol. The Bertz CT molecular complexity index is 420. The molecule has 4 nitrogen and oxygen atoms in total. The fraction of sp³-hybridized carbons (Fsp3) is 0.500. The normalized spacial score (nSPS) is 19.3. The minimum absolute atomic E-state index is 0.0407. The van der Waals surface area contributed by atoms with Crippen molar-refractivity contribution in [1.29, 1.82) is 0 Å². The summed E-state index contributed by atoms with van der Waals surface area (Å²) in [7, 11) is 0. The molecule has 1 aromatic rings. The highest BCUT2D eigenvalue weighted by atomic mass is 16.5. The molecule has 0 saturated heterocycles. The van der Waals surface area contributed by atoms with Gasteiger partial charge in [0.2, 0.25) is 0 Å². The summed E-state index contributed by atoms with van der Waals surface area (Å²) < 4.78 is 5.57. The van der Waals surface area contributed by atoms with Crippen molar-refractivity contribution in [2.75, 3.05) is 6.61 Å². The second kappa shape index (κ2) is 5.76. The lowest BCUT2D eigenvalue weighted by molar-refractivity contribution is 0.220. The van der Waals surface area contributed by atoms with Crippen LogP contribution in [0.2, 0.25) is 0 Å². The summed E-state index contributed by atoms with van der Waals surface area (Å²) in [6.45, 7) is 4.69. The molecular weight excluding hydrogens is 228 g/mol. The van der Waals surface area contributed by atoms with Crippen LogP contribution in [0.25, 0.3) is 0 Å². The van der Waals surface area contributed by atoms with Gasteiger partial charge in [-0.1, -0.05) is 25.1 Å². The summed E-state index contributed by atoms with van der Waals surface area (Å²) in [6, 6.07) is 7.98. The van der Waals surface area contributed by atoms with Crippen molar-refractivity contribution in [3.05, 3.63) is 29.8 Å². The van der Waals surface area contributed by atoms with Gasteiger partial charge >= 0.3 is 6.03 Å². The van der Waals surface area contributed by atoms with Crippen molar-refractivity contribution in [3.8, 4) is 5.75 Å². The molecule has 1 aliphatic rings. The van der Waals surface area contributed by atoms with Gasteiger partial charge in [0.05, 0.1) is 12.6 Å². The molecule has 2 rings (SSSR count). The first kappa shape index (κ1) is 12.7. The number of rotatable bonds is 3. The van der Waals surface area contributed by atoms with Gasteiger partial charge in [-0.2, -0.15) is 0 Å². The fourth-order valence-electron chi connectivity index (χ4n) is 2.02. The minimum atomic E-state index is -0.106. The molecule has 0 aliphatic carbocycles. The Morgan fingerprint density at radius 3 is 3.06 bits per heavy atom. The van der Waals surface area contributed by atoms with E-state index in [0.717, 1.165) is 24.2 Å². The van der Waals surface area contributed by atoms with Crippen molar-refractivity contribution >= 4 is 6.03 Å². The van der Waals surface area contributed by atoms with Gasteiger partial charge < -0.3 is 15.4 Å². The second-order valence-corrected chi connectivity index (χ2v) is 4.65. The Morgan fingerprint density at radius 2 is 2.28 bits per heavy atom. The number of amides is 2. The summed E-state index contributed by atoms with van der Waals surface area (Å²) in [5, 5.41) is 5.93. The smallest absolute Gasteiger partial charge is 0.315 e. The van der Waals surface area contributed by atoms with Gasteiger partial charge in [-0.25, -0.2) is 4.79 Å². The van der Waals surface area contributed by atoms with Crippen LogP contribution >= 0.6 is 0 Å². The van der Waals surface area contributed by atoms with Crippen LogP contribution < -0.4 is 15.4 Å². The van der Waals surface area contributed by atoms with Crippen molar-refractivity contribution < 1.29 is 9.53 Å². The quantitative estimate of drug-likeness (QED) is 0.864. The summed E-state index contributed by atoms with van der Waals surface area (Å²) in [5.74, 6) is 0.873. The molecule has 0 spiro atoms. The number of benzene rings is 1. The largest absolute Gasteiger partial charge is 0.493 e. The molecule has 4 heteroatoms. The van der Waals surface area contributed by atoms with E-state index in [1.54, 1.807) is 0 Å². The van der Waals surface area contributed by atoms with E-state index in [4.69, 9.17) is 4.74 Å². The molecule has 2 N–H and O–H groups in total. The van der Waals surface area contributed by atoms with Crippen LogP contribution in [0, 0.1) is 0 Å². The van der Waals surface area contributed by atoms with Gasteiger partial charge in [0.25, 0.3) is 0 Å². The van der Waals surface area contributed by atoms with Gasteiger partial charge in [0, 0.05) is 18.0 Å². The molecule has 98 valence electrons. The highest BCUT2D eigenvalue weighted by molar-refractivity contribution is 5.75. The Hall–Kier alpha value is -1.71. The van der Waals surface area contributed by atoms with Gasteiger partial charge in [0.15, 0.2) is 0 Å². The number of hydrogen-bond acceptors (Lipinski definition) is 2. The molecule has 1 aliphatic heterocycles. The predicted octanol–water partition coefficient (Wildman–Crippen LogP) is 2.61. The minimum Gasteiger partial charge on any atom is -0.493 e. The van der Waals surface area contributed by atoms with Crippen molar-refractivity contribution in [3.63, 3.8) is 0 Å². The van der Waals surface area contributed by atoms with Gasteiger partial charge in [-0.05, 0) is 19.4 Å². The zero-order chi connectivity index (χ0) is 13.0. The van der Waals surface area contributed by atoms with Crippen LogP contribution in [0.4, 0.5) is 4.79 Å². The van der Waals surface area contributed by atoms with Gasteiger partial charge in [-0.15, -0.1) is 0 Å². The number of carbonyl (C=O) groups is 1. The molecule has 0 fully saturated rings. The van der Waals surface area contributed by atoms with Crippen molar-refractivity contribution in [2.24, 2.45) is 0 Å². The molecule has 18 heavy (non-hydrogen) atoms. The number of nitrogens with one attached hydrogen (secondary N) is 2. The number of fused-ring (bicyclic) bond motifs is 1. The monoisotopic (exact) mass is 248 g/mol. The first-order valence-corrected chi connectivity index (χ1v) is 6.49. The summed E-state index contributed by atoms with van der Waals surface area (Å²) in [4.78, 5) is 11.8. The molecule has 1 heterocycles. The third-order valence-corrected chi connectivity index (χ3v) is 3.25. The van der Waals surface area contributed by atoms with Crippen LogP contribution in [-0.2, 0) is 0 Å². The van der Waals surface area contributed by atoms with E-state index < -0.39 is 0 Å². The van der Waals surface area contributed by atoms with Crippen molar-refractivity contribution in [2.45, 2.75) is 38.8 Å². The third kappa shape index (κ3) is 2.94. The Balaban J connectivity index is 2.01. The zero-order valence-electron chi connectivity index (χ0n) is 10.9. The number of para-hydroxylation sites is 1. The van der Waals surface area contributed by atoms with E-state index in [1.165, 1.54) is 0 Å². The number of urea groups is 1. The Kier molecular flexibility index (Phi) is 4.07. The maximum absolute atomic E-state index is 11.8. The molecule has 2 atom stereocenters. The van der Waals surface area contributed by atoms with Crippen LogP contribution in [0.1, 0.15) is 38.3 Å². The maximum Gasteiger partial charge on any atom is 0.315 e. The molecule has 2 unspecified atom stereocenters. The van der Waals surface area contributed by atoms with Crippen LogP contribution in [0.15, 0.2) is 24.3 Å². The molecule has 1 aromatic carbocycles. The average molecular weight is 248 g/mol. The number of carbonyl (C=O) groups excluding carboxylic acids is 1. The van der Waals surface area contributed by atoms with Gasteiger partial charge in [-0.3, -0.25) is 0 Å². The first-order chi connectivity index (χ1) is 8.70. The second-order valence-electron chi connectivity index (χ2n) is 4.65. The lowest BCUT2D eigenvalue weighted by Crippen LogP contribution is -2.43. The van der Waals surface area contributed by atoms with E-state index in [1.807, 2.05) is 31.2 Å². The van der Waals surface area contributed by atoms with E-state index in [-0.39, 0.29) is 18.1 Å². The lowest BCUT2D eigenvalue weighted by Gasteiger charge is -2.27. The van der Waals surface area contributed by atoms with E-state index >= 15 is 0 Å². The summed E-state index contributed by atoms with van der Waals surface area (Å²) in [6.07, 6.45) is 1.74. The van der Waals surface area contributed by atoms with E-state index in [2.05, 4.69) is 17.6 Å². The first-order valence-electron chi connectivity index (χ1n) is 6.49. The lowest BCUT2D eigenvalue weighted by atomic mass is 10.0. The standard InChI is InChI=1S/C14H20N2O2/c1-3-10(2)15-14(17)16-12-8-9-18-13-7-5-4-6-11(12)13/h4-7,10,12H,3,8-9H2,1-2H3,(H2,15,16,17). The average Bonchev–Trinajstić information content (AvgIpc) is 2.39. The highest BCUT2D eigenvalue weighted by Gasteiger charge is 2.22. The van der Waals surface area contributed by atoms with Crippen molar-refractivity contribution in [1.82, 2.24) is 10.6 Å². The summed E-state index contributed by atoms with van der Waals surface area (Å²) >= 11 is 0. The molecule has 0 radical (unpaired) electrons. The van der Waals surface area contributed by atoms with Crippen LogP contribution in [-0.4, -0.2) is 18.7 Å². The molecular formula is C14H20N2O2. The summed E-state index contributed by atoms with van der Waals surface area (Å²) in [5.41, 5.74) is 1.06. The molecule has 2 amide bonds. The van der Waals surface area contributed by atoms with Crippen LogP contribution in [0.3, 0.4) is 0 Å². The topological polar surface area (TPSA) is 50.4 Å². The highest BCUT2D eigenvalue weighted by Crippen LogP contribution is 2.31.